The first-order valence-corrected chi connectivity index (χ1v) is 9.91. The molecule has 3 rings (SSSR count). The van der Waals surface area contributed by atoms with Crippen LogP contribution < -0.4 is 20.7 Å². The Morgan fingerprint density at radius 1 is 1.12 bits per heavy atom. The molecule has 0 radical (unpaired) electrons. The Balaban J connectivity index is 1.77. The van der Waals surface area contributed by atoms with E-state index in [0.29, 0.717) is 17.2 Å². The fourth-order valence-corrected chi connectivity index (χ4v) is 2.90. The second kappa shape index (κ2) is 10.5. The Morgan fingerprint density at radius 2 is 1.85 bits per heavy atom. The molecule has 0 spiro atoms. The minimum absolute atomic E-state index is 0.0304. The Hall–Kier alpha value is -4.30. The van der Waals surface area contributed by atoms with Crippen LogP contribution in [0, 0.1) is 11.5 Å². The molecule has 1 amide bonds. The van der Waals surface area contributed by atoms with E-state index in [2.05, 4.69) is 25.9 Å². The Morgan fingerprint density at radius 3 is 2.50 bits per heavy atom. The van der Waals surface area contributed by atoms with Crippen molar-refractivity contribution in [2.75, 3.05) is 12.4 Å². The van der Waals surface area contributed by atoms with E-state index in [-0.39, 0.29) is 23.2 Å². The number of carbonyl (C=O) groups is 1. The van der Waals surface area contributed by atoms with E-state index in [1.54, 1.807) is 36.5 Å². The maximum absolute atomic E-state index is 13.1. The number of hydrogen-bond acceptors (Lipinski definition) is 5. The summed E-state index contributed by atoms with van der Waals surface area (Å²) in [5.41, 5.74) is -0.422. The maximum atomic E-state index is 13.1. The second-order valence-corrected chi connectivity index (χ2v) is 6.97. The highest BCUT2D eigenvalue weighted by atomic mass is 35.5. The van der Waals surface area contributed by atoms with Crippen molar-refractivity contribution in [3.63, 3.8) is 0 Å². The molecule has 0 saturated heterocycles. The lowest BCUT2D eigenvalue weighted by Crippen LogP contribution is -2.26. The van der Waals surface area contributed by atoms with Gasteiger partial charge in [-0.25, -0.2) is 4.99 Å². The van der Waals surface area contributed by atoms with Gasteiger partial charge in [0.15, 0.2) is 6.19 Å². The molecular formula is C22H16ClF3N6O2. The van der Waals surface area contributed by atoms with Crippen molar-refractivity contribution in [3.8, 4) is 17.7 Å². The second-order valence-electron chi connectivity index (χ2n) is 6.57. The highest BCUT2D eigenvalue weighted by Crippen LogP contribution is 2.36. The summed E-state index contributed by atoms with van der Waals surface area (Å²) in [6, 6.07) is 12.6. The SMILES string of the molecule is CNC(=O)c1cc(Oc2ccc(N=C(NC#N)Nc3ccc(Cl)c(C(F)(F)F)c3)cc2)ccn1. The summed E-state index contributed by atoms with van der Waals surface area (Å²) >= 11 is 5.63. The zero-order chi connectivity index (χ0) is 24.7. The number of hydrogen-bond donors (Lipinski definition) is 3. The zero-order valence-corrected chi connectivity index (χ0v) is 18.2. The highest BCUT2D eigenvalue weighted by Gasteiger charge is 2.33. The van der Waals surface area contributed by atoms with Crippen molar-refractivity contribution in [3.05, 3.63) is 77.1 Å². The number of amides is 1. The van der Waals surface area contributed by atoms with Gasteiger partial charge in [-0.1, -0.05) is 11.6 Å². The predicted octanol–water partition coefficient (Wildman–Crippen LogP) is 5.08. The lowest BCUT2D eigenvalue weighted by Gasteiger charge is -2.13. The van der Waals surface area contributed by atoms with Crippen LogP contribution in [0.5, 0.6) is 11.5 Å². The molecule has 8 nitrogen and oxygen atoms in total. The fraction of sp³-hybridized carbons (Fsp3) is 0.0909. The number of guanidine groups is 1. The first-order valence-electron chi connectivity index (χ1n) is 9.53. The number of carbonyl (C=O) groups excluding carboxylic acids is 1. The third-order valence-electron chi connectivity index (χ3n) is 4.21. The summed E-state index contributed by atoms with van der Waals surface area (Å²) in [6.45, 7) is 0. The summed E-state index contributed by atoms with van der Waals surface area (Å²) in [6.07, 6.45) is -1.53. The minimum atomic E-state index is -4.64. The molecule has 1 aromatic heterocycles. The third kappa shape index (κ3) is 6.36. The quantitative estimate of drug-likeness (QED) is 0.200. The topological polar surface area (TPSA) is 111 Å². The standard InChI is InChI=1S/C22H16ClF3N6O2/c1-28-20(33)19-11-16(8-9-29-19)34-15-5-2-13(3-6-15)31-21(30-12-27)32-14-4-7-18(23)17(10-14)22(24,25)26/h2-11H,1H3,(H,28,33)(H2,30,31,32). The number of ether oxygens (including phenoxy) is 1. The van der Waals surface area contributed by atoms with Gasteiger partial charge in [0.25, 0.3) is 5.91 Å². The van der Waals surface area contributed by atoms with Crippen LogP contribution in [0.1, 0.15) is 16.1 Å². The molecule has 0 aliphatic rings. The van der Waals surface area contributed by atoms with Gasteiger partial charge in [-0.05, 0) is 48.5 Å². The van der Waals surface area contributed by atoms with E-state index in [1.165, 1.54) is 25.4 Å². The van der Waals surface area contributed by atoms with Gasteiger partial charge in [0.1, 0.15) is 17.2 Å². The number of rotatable bonds is 5. The number of aromatic nitrogens is 1. The molecule has 1 heterocycles. The molecule has 174 valence electrons. The minimum Gasteiger partial charge on any atom is -0.457 e. The normalized spacial score (nSPS) is 11.4. The summed E-state index contributed by atoms with van der Waals surface area (Å²) in [7, 11) is 1.49. The number of anilines is 1. The average molecular weight is 489 g/mol. The number of aliphatic imine (C=N–C) groups is 1. The first-order chi connectivity index (χ1) is 16.2. The van der Waals surface area contributed by atoms with E-state index in [1.807, 2.05) is 0 Å². The Kier molecular flexibility index (Phi) is 7.55. The fourth-order valence-electron chi connectivity index (χ4n) is 2.68. The smallest absolute Gasteiger partial charge is 0.417 e. The van der Waals surface area contributed by atoms with Crippen LogP contribution in [0.15, 0.2) is 65.8 Å². The van der Waals surface area contributed by atoms with Gasteiger partial charge >= 0.3 is 6.18 Å². The molecule has 34 heavy (non-hydrogen) atoms. The molecule has 0 bridgehead atoms. The number of nitrogens with one attached hydrogen (secondary N) is 3. The van der Waals surface area contributed by atoms with Crippen LogP contribution in [0.25, 0.3) is 0 Å². The largest absolute Gasteiger partial charge is 0.457 e. The predicted molar refractivity (Wildman–Crippen MR) is 120 cm³/mol. The van der Waals surface area contributed by atoms with Gasteiger partial charge in [-0.3, -0.25) is 15.1 Å². The van der Waals surface area contributed by atoms with Crippen molar-refractivity contribution in [1.29, 1.82) is 5.26 Å². The van der Waals surface area contributed by atoms with Crippen LogP contribution in [-0.2, 0) is 6.18 Å². The van der Waals surface area contributed by atoms with Crippen molar-refractivity contribution in [1.82, 2.24) is 15.6 Å². The average Bonchev–Trinajstić information content (AvgIpc) is 2.80. The molecular weight excluding hydrogens is 473 g/mol. The number of nitriles is 1. The van der Waals surface area contributed by atoms with Crippen LogP contribution in [0.4, 0.5) is 24.5 Å². The highest BCUT2D eigenvalue weighted by molar-refractivity contribution is 6.31. The molecule has 3 aromatic rings. The summed E-state index contributed by atoms with van der Waals surface area (Å²) < 4.78 is 45.0. The van der Waals surface area contributed by atoms with E-state index >= 15 is 0 Å². The van der Waals surface area contributed by atoms with Gasteiger partial charge in [0, 0.05) is 25.0 Å². The van der Waals surface area contributed by atoms with Crippen molar-refractivity contribution in [2.45, 2.75) is 6.18 Å². The summed E-state index contributed by atoms with van der Waals surface area (Å²) in [5.74, 6) is 0.365. The first kappa shape index (κ1) is 24.3. The van der Waals surface area contributed by atoms with Crippen LogP contribution in [0.2, 0.25) is 5.02 Å². The molecule has 0 fully saturated rings. The number of halogens is 4. The summed E-state index contributed by atoms with van der Waals surface area (Å²) in [5, 5.41) is 15.9. The zero-order valence-electron chi connectivity index (χ0n) is 17.4. The number of nitrogens with zero attached hydrogens (tertiary/aromatic N) is 3. The van der Waals surface area contributed by atoms with E-state index < -0.39 is 16.8 Å². The van der Waals surface area contributed by atoms with Gasteiger partial charge in [-0.15, -0.1) is 0 Å². The van der Waals surface area contributed by atoms with Gasteiger partial charge in [0.05, 0.1) is 16.3 Å². The summed E-state index contributed by atoms with van der Waals surface area (Å²) in [4.78, 5) is 19.8. The molecule has 0 atom stereocenters. The number of benzene rings is 2. The molecule has 2 aromatic carbocycles. The van der Waals surface area contributed by atoms with Gasteiger partial charge < -0.3 is 15.4 Å². The van der Waals surface area contributed by atoms with Crippen LogP contribution in [-0.4, -0.2) is 23.9 Å². The molecule has 0 unspecified atom stereocenters. The van der Waals surface area contributed by atoms with E-state index in [0.717, 1.165) is 12.1 Å². The van der Waals surface area contributed by atoms with Crippen molar-refractivity contribution >= 4 is 34.8 Å². The van der Waals surface area contributed by atoms with E-state index in [9.17, 15) is 18.0 Å². The Bertz CT molecular complexity index is 1260. The van der Waals surface area contributed by atoms with Crippen molar-refractivity contribution in [2.24, 2.45) is 4.99 Å². The maximum Gasteiger partial charge on any atom is 0.417 e. The Labute approximate surface area is 197 Å². The van der Waals surface area contributed by atoms with Gasteiger partial charge in [0.2, 0.25) is 5.96 Å². The molecule has 0 saturated carbocycles. The van der Waals surface area contributed by atoms with Crippen LogP contribution in [0.3, 0.4) is 0 Å². The van der Waals surface area contributed by atoms with Crippen LogP contribution >= 0.6 is 11.6 Å². The number of pyridine rings is 1. The van der Waals surface area contributed by atoms with Crippen molar-refractivity contribution < 1.29 is 22.7 Å². The molecule has 3 N–H and O–H groups in total. The lowest BCUT2D eigenvalue weighted by molar-refractivity contribution is -0.137. The number of alkyl halides is 3. The van der Waals surface area contributed by atoms with E-state index in [4.69, 9.17) is 21.6 Å². The molecule has 0 aliphatic heterocycles. The lowest BCUT2D eigenvalue weighted by atomic mass is 10.2. The molecule has 0 aliphatic carbocycles. The monoisotopic (exact) mass is 488 g/mol. The third-order valence-corrected chi connectivity index (χ3v) is 4.54. The van der Waals surface area contributed by atoms with Gasteiger partial charge in [-0.2, -0.15) is 18.4 Å². The molecule has 12 heteroatoms.